The van der Waals surface area contributed by atoms with E-state index in [9.17, 15) is 0 Å². The number of hydrogen-bond acceptors (Lipinski definition) is 17. The molecule has 8 aromatic heterocycles. The van der Waals surface area contributed by atoms with E-state index < -0.39 is 0 Å². The van der Waals surface area contributed by atoms with Gasteiger partial charge in [0, 0.05) is 77.1 Å². The van der Waals surface area contributed by atoms with E-state index in [0.29, 0.717) is 18.1 Å². The van der Waals surface area contributed by atoms with Gasteiger partial charge in [0.25, 0.3) is 0 Å². The maximum Gasteiger partial charge on any atom is 0.194 e. The molecule has 0 unspecified atom stereocenters. The normalized spacial score (nSPS) is 11.3. The molecule has 0 radical (unpaired) electrons. The van der Waals surface area contributed by atoms with Gasteiger partial charge >= 0.3 is 0 Å². The van der Waals surface area contributed by atoms with E-state index in [1.165, 1.54) is 27.8 Å². The second kappa shape index (κ2) is 40.3. The highest BCUT2D eigenvalue weighted by Crippen LogP contribution is 2.38. The predicted molar refractivity (Wildman–Crippen MR) is 517 cm³/mol. The molecule has 0 fully saturated rings. The number of benzene rings is 10. The number of nitrogens with one attached hydrogen (secondary N) is 5. The first-order chi connectivity index (χ1) is 61.1. The van der Waals surface area contributed by atoms with Gasteiger partial charge < -0.3 is 53.7 Å². The second-order valence-corrected chi connectivity index (χ2v) is 36.0. The fourth-order valence-electron chi connectivity index (χ4n) is 14.3. The largest absolute Gasteiger partial charge is 0.497 e. The predicted octanol–water partition coefficient (Wildman–Crippen LogP) is 25.6. The Labute approximate surface area is 759 Å². The Morgan fingerprint density at radius 2 is 0.683 bits per heavy atom. The number of H-pyrrole nitrogens is 4. The summed E-state index contributed by atoms with van der Waals surface area (Å²) in [7, 11) is 10.0. The van der Waals surface area contributed by atoms with Gasteiger partial charge in [0.1, 0.15) is 75.6 Å². The van der Waals surface area contributed by atoms with Crippen LogP contribution >= 0.6 is 55.4 Å². The first kappa shape index (κ1) is 87.8. The molecule has 0 bridgehead atoms. The lowest BCUT2D eigenvalue weighted by atomic mass is 9.86. The van der Waals surface area contributed by atoms with Crippen molar-refractivity contribution in [3.8, 4) is 79.5 Å². The molecule has 126 heavy (non-hydrogen) atoms. The first-order valence-electron chi connectivity index (χ1n) is 41.2. The van der Waals surface area contributed by atoms with Gasteiger partial charge in [0.2, 0.25) is 0 Å². The van der Waals surface area contributed by atoms with Crippen molar-refractivity contribution < 1.29 is 28.4 Å². The molecule has 0 aliphatic carbocycles. The lowest BCUT2D eigenvalue weighted by Crippen LogP contribution is -2.10. The number of hydrogen-bond donors (Lipinski definition) is 5. The summed E-state index contributed by atoms with van der Waals surface area (Å²) in [6.07, 6.45) is 6.40. The first-order valence-corrected chi connectivity index (χ1v) is 44.4. The van der Waals surface area contributed by atoms with Crippen LogP contribution in [0.4, 0.5) is 5.82 Å². The lowest BCUT2D eigenvalue weighted by Gasteiger charge is -2.19. The van der Waals surface area contributed by atoms with Crippen molar-refractivity contribution in [1.29, 1.82) is 0 Å². The molecule has 23 heteroatoms. The van der Waals surface area contributed by atoms with Crippen LogP contribution in [-0.4, -0.2) is 102 Å². The van der Waals surface area contributed by atoms with Crippen LogP contribution in [0.1, 0.15) is 92.0 Å². The third kappa shape index (κ3) is 22.4. The Bertz CT molecular complexity index is 6520. The SMILES string of the molecule is COc1ccc(-c2cc3c(Cc4ccc(C(C)(C)C)cc4)nc(Sc4ccc(C(C)(C)C)cc4)nc3[nH]2)cc1.COc1ccc(-c2cc3c(Cc4cccc(Br)c4)nc(Sc4cccc(Br)c4)nc3[nH]2)cc1.COc1ccc(CCc2ncnc3[nH]c(-c4ccc(OC)cc4)cc23)cc1.COc1ccc(CNc2ncnc3[nH]c(-c4ccc(OC)cc4)cc23)cc1. The number of aryl methyl sites for hydroxylation is 2. The van der Waals surface area contributed by atoms with Crippen molar-refractivity contribution in [2.75, 3.05) is 48.0 Å². The van der Waals surface area contributed by atoms with Crippen LogP contribution in [0, 0.1) is 0 Å². The molecule has 0 aliphatic heterocycles. The monoisotopic (exact) mass is 1830 g/mol. The van der Waals surface area contributed by atoms with Crippen LogP contribution in [-0.2, 0) is 43.1 Å². The molecular formula is C103H97Br2N13O6S2. The number of aromatic amines is 4. The lowest BCUT2D eigenvalue weighted by molar-refractivity contribution is 0.414. The van der Waals surface area contributed by atoms with Gasteiger partial charge in [-0.05, 0) is 291 Å². The van der Waals surface area contributed by atoms with Crippen LogP contribution in [0.25, 0.3) is 89.2 Å². The molecule has 18 aromatic rings. The molecule has 636 valence electrons. The average Bonchev–Trinajstić information content (AvgIpc) is 1.55. The molecule has 0 saturated carbocycles. The maximum atomic E-state index is 5.34. The van der Waals surface area contributed by atoms with Crippen molar-refractivity contribution in [1.82, 2.24) is 59.8 Å². The highest BCUT2D eigenvalue weighted by molar-refractivity contribution is 9.10. The topological polar surface area (TPSA) is 234 Å². The zero-order valence-corrected chi connectivity index (χ0v) is 77.0. The Hall–Kier alpha value is -13.1. The summed E-state index contributed by atoms with van der Waals surface area (Å²) in [5.74, 6) is 5.86. The molecule has 10 aromatic carbocycles. The fourth-order valence-corrected chi connectivity index (χ4v) is 16.9. The molecule has 8 heterocycles. The van der Waals surface area contributed by atoms with Crippen LogP contribution in [0.5, 0.6) is 34.5 Å². The molecule has 0 amide bonds. The van der Waals surface area contributed by atoms with Gasteiger partial charge in [0.15, 0.2) is 10.3 Å². The van der Waals surface area contributed by atoms with Gasteiger partial charge in [0.05, 0.1) is 65.1 Å². The number of ether oxygens (including phenoxy) is 6. The molecule has 19 nitrogen and oxygen atoms in total. The summed E-state index contributed by atoms with van der Waals surface area (Å²) in [6.45, 7) is 14.1. The summed E-state index contributed by atoms with van der Waals surface area (Å²) < 4.78 is 33.6. The minimum atomic E-state index is 0.121. The molecule has 0 spiro atoms. The zero-order valence-electron chi connectivity index (χ0n) is 72.2. The molecule has 0 aliphatic rings. The van der Waals surface area contributed by atoms with E-state index in [4.69, 9.17) is 48.4 Å². The van der Waals surface area contributed by atoms with Crippen molar-refractivity contribution >= 4 is 105 Å². The number of fused-ring (bicyclic) bond motifs is 4. The Kier molecular flexibility index (Phi) is 28.1. The molecule has 0 saturated heterocycles. The van der Waals surface area contributed by atoms with Crippen LogP contribution < -0.4 is 33.7 Å². The smallest absolute Gasteiger partial charge is 0.194 e. The van der Waals surface area contributed by atoms with Crippen molar-refractivity contribution in [3.05, 3.63) is 339 Å². The van der Waals surface area contributed by atoms with Crippen LogP contribution in [0.3, 0.4) is 0 Å². The van der Waals surface area contributed by atoms with E-state index in [1.54, 1.807) is 78.8 Å². The van der Waals surface area contributed by atoms with Crippen LogP contribution in [0.2, 0.25) is 0 Å². The van der Waals surface area contributed by atoms with Crippen LogP contribution in [0.15, 0.2) is 309 Å². The zero-order chi connectivity index (χ0) is 87.9. The highest BCUT2D eigenvalue weighted by Gasteiger charge is 2.21. The fraction of sp³-hybridized carbons (Fsp3) is 0.184. The number of rotatable bonds is 24. The van der Waals surface area contributed by atoms with Gasteiger partial charge in [-0.1, -0.05) is 152 Å². The van der Waals surface area contributed by atoms with Gasteiger partial charge in [-0.25, -0.2) is 39.9 Å². The Balaban J connectivity index is 0.000000131. The van der Waals surface area contributed by atoms with E-state index >= 15 is 0 Å². The number of anilines is 1. The van der Waals surface area contributed by atoms with Gasteiger partial charge in [-0.2, -0.15) is 0 Å². The van der Waals surface area contributed by atoms with E-state index in [1.807, 2.05) is 140 Å². The van der Waals surface area contributed by atoms with Gasteiger partial charge in [-0.3, -0.25) is 0 Å². The Morgan fingerprint density at radius 3 is 1.12 bits per heavy atom. The minimum absolute atomic E-state index is 0.121. The van der Waals surface area contributed by atoms with Crippen molar-refractivity contribution in [2.45, 2.75) is 105 Å². The van der Waals surface area contributed by atoms with E-state index in [-0.39, 0.29) is 10.8 Å². The molecular weight excluding hydrogens is 1740 g/mol. The third-order valence-electron chi connectivity index (χ3n) is 21.4. The third-order valence-corrected chi connectivity index (χ3v) is 24.2. The molecule has 0 atom stereocenters. The number of halogens is 2. The summed E-state index contributed by atoms with van der Waals surface area (Å²) in [5, 5.41) is 8.95. The van der Waals surface area contributed by atoms with Crippen molar-refractivity contribution in [3.63, 3.8) is 0 Å². The second-order valence-electron chi connectivity index (χ2n) is 32.1. The number of methoxy groups -OCH3 is 6. The summed E-state index contributed by atoms with van der Waals surface area (Å²) >= 11 is 10.3. The minimum Gasteiger partial charge on any atom is -0.497 e. The molecule has 5 N–H and O–H groups in total. The number of aromatic nitrogens is 12. The average molecular weight is 1840 g/mol. The maximum absolute atomic E-state index is 5.34. The summed E-state index contributed by atoms with van der Waals surface area (Å²) in [5.41, 5.74) is 22.5. The van der Waals surface area contributed by atoms with E-state index in [0.717, 1.165) is 195 Å². The highest BCUT2D eigenvalue weighted by atomic mass is 79.9. The number of nitrogens with zero attached hydrogens (tertiary/aromatic N) is 8. The summed E-state index contributed by atoms with van der Waals surface area (Å²) in [4.78, 5) is 53.5. The standard InChI is InChI=1S/C34H37N3OS.C26H19Br2N3OS.C22H21N3O2.C21H20N4O2/c1-33(2,3)24-12-8-22(9-13-24)20-30-28-21-29(23-10-16-26(38-7)17-11-23)35-31(28)37-32(36-30)39-27-18-14-25(15-19-27)34(4,5)6;1-32-20-10-8-17(9-11-20)23-15-22-24(13-16-4-2-5-18(27)12-16)30-26(31-25(22)29-23)33-21-7-3-6-19(28)14-21;1-26-17-8-3-15(4-9-17)5-12-20-19-13-21(25-22(19)24-14-23-20)16-6-10-18(27-2)11-7-16;1-26-16-7-3-14(4-8-16)12-22-20-18-11-19(25-21(18)24-13-23-20)15-5-9-17(27-2)10-6-15/h8-19,21H,20H2,1-7H3,(H,35,36,37);2-12,14-15H,13H2,1H3,(H,29,30,31);3-4,6-11,13-14H,5,12H2,1-2H3,(H,23,24,25);3-11,13H,12H2,1-2H3,(H2,22,23,24,25). The molecule has 18 rings (SSSR count). The van der Waals surface area contributed by atoms with E-state index in [2.05, 4.69) is 246 Å². The van der Waals surface area contributed by atoms with Gasteiger partial charge in [-0.15, -0.1) is 0 Å². The quantitative estimate of drug-likeness (QED) is 0.0354. The summed E-state index contributed by atoms with van der Waals surface area (Å²) in [6, 6.07) is 90.8. The van der Waals surface area contributed by atoms with Crippen molar-refractivity contribution in [2.24, 2.45) is 0 Å². The Morgan fingerprint density at radius 1 is 0.317 bits per heavy atom.